The molecule has 0 aliphatic carbocycles. The Morgan fingerprint density at radius 1 is 0.694 bits per heavy atom. The van der Waals surface area contributed by atoms with Crippen LogP contribution < -0.4 is 14.2 Å². The summed E-state index contributed by atoms with van der Waals surface area (Å²) in [5, 5.41) is 21.6. The van der Waals surface area contributed by atoms with Crippen molar-refractivity contribution in [1.82, 2.24) is 9.80 Å². The van der Waals surface area contributed by atoms with Crippen LogP contribution in [0.2, 0.25) is 0 Å². The maximum atomic E-state index is 12.9. The lowest BCUT2D eigenvalue weighted by Crippen LogP contribution is -2.38. The van der Waals surface area contributed by atoms with Crippen molar-refractivity contribution in [3.63, 3.8) is 0 Å². The van der Waals surface area contributed by atoms with E-state index in [4.69, 9.17) is 18.9 Å². The number of aliphatic hydroxyl groups excluding tert-OH is 2. The van der Waals surface area contributed by atoms with E-state index < -0.39 is 24.1 Å². The number of aliphatic hydroxyl groups is 2. The first-order chi connectivity index (χ1) is 23.6. The molecule has 0 heterocycles. The van der Waals surface area contributed by atoms with Crippen LogP contribution in [-0.2, 0) is 9.53 Å². The summed E-state index contributed by atoms with van der Waals surface area (Å²) in [7, 11) is 6.80. The Morgan fingerprint density at radius 2 is 1.20 bits per heavy atom. The number of esters is 2. The van der Waals surface area contributed by atoms with Crippen molar-refractivity contribution >= 4 is 11.9 Å². The standard InChI is InChI=1S/C39H70N2O8/c1-7-9-11-13-15-17-22-33(42)30-41(31-34(43)23-18-16-14-12-10-8-2)26-20-19-24-37(44)49-38-35(46-5)28-32(29-36(38)47-6)39(45)48-27-21-25-40(3)4/h28-29,33-34,42-43H,7-27,30-31H2,1-6H3. The highest BCUT2D eigenvalue weighted by atomic mass is 16.6. The van der Waals surface area contributed by atoms with E-state index in [9.17, 15) is 19.8 Å². The lowest BCUT2D eigenvalue weighted by atomic mass is 10.1. The molecule has 2 unspecified atom stereocenters. The van der Waals surface area contributed by atoms with Crippen LogP contribution in [0.5, 0.6) is 17.2 Å². The first-order valence-electron chi connectivity index (χ1n) is 19.0. The third-order valence-corrected chi connectivity index (χ3v) is 8.72. The van der Waals surface area contributed by atoms with Crippen molar-refractivity contribution in [2.24, 2.45) is 0 Å². The van der Waals surface area contributed by atoms with Gasteiger partial charge in [-0.05, 0) is 64.9 Å². The summed E-state index contributed by atoms with van der Waals surface area (Å²) < 4.78 is 22.0. The number of rotatable bonds is 31. The molecule has 0 aliphatic rings. The van der Waals surface area contributed by atoms with Crippen molar-refractivity contribution in [3.05, 3.63) is 17.7 Å². The Kier molecular flexibility index (Phi) is 25.8. The average Bonchev–Trinajstić information content (AvgIpc) is 3.07. The molecular formula is C39H70N2O8. The number of hydrogen-bond donors (Lipinski definition) is 2. The zero-order valence-electron chi connectivity index (χ0n) is 31.8. The second-order valence-electron chi connectivity index (χ2n) is 13.6. The van der Waals surface area contributed by atoms with Crippen molar-refractivity contribution < 1.29 is 38.7 Å². The molecule has 10 nitrogen and oxygen atoms in total. The van der Waals surface area contributed by atoms with Crippen LogP contribution in [0.15, 0.2) is 12.1 Å². The summed E-state index contributed by atoms with van der Waals surface area (Å²) in [6, 6.07) is 2.98. The van der Waals surface area contributed by atoms with Crippen LogP contribution in [0.25, 0.3) is 0 Å². The van der Waals surface area contributed by atoms with Gasteiger partial charge in [0.15, 0.2) is 11.5 Å². The van der Waals surface area contributed by atoms with Crippen LogP contribution in [0, 0.1) is 0 Å². The molecule has 0 radical (unpaired) electrons. The summed E-state index contributed by atoms with van der Waals surface area (Å²) in [6.07, 6.45) is 17.0. The normalized spacial score (nSPS) is 12.7. The number of carbonyl (C=O) groups excluding carboxylic acids is 2. The maximum Gasteiger partial charge on any atom is 0.338 e. The molecule has 0 aromatic heterocycles. The van der Waals surface area contributed by atoms with Gasteiger partial charge in [-0.15, -0.1) is 0 Å². The highest BCUT2D eigenvalue weighted by Crippen LogP contribution is 2.39. The number of nitrogens with zero attached hydrogens (tertiary/aromatic N) is 2. The minimum Gasteiger partial charge on any atom is -0.493 e. The Hall–Kier alpha value is -2.40. The molecule has 1 aromatic rings. The zero-order chi connectivity index (χ0) is 36.3. The Balaban J connectivity index is 2.69. The lowest BCUT2D eigenvalue weighted by molar-refractivity contribution is -0.134. The van der Waals surface area contributed by atoms with Gasteiger partial charge in [-0.1, -0.05) is 90.9 Å². The molecule has 0 aliphatic heterocycles. The van der Waals surface area contributed by atoms with Crippen molar-refractivity contribution in [2.45, 2.75) is 142 Å². The van der Waals surface area contributed by atoms with Crippen LogP contribution in [0.4, 0.5) is 0 Å². The molecule has 10 heteroatoms. The first-order valence-corrected chi connectivity index (χ1v) is 19.0. The maximum absolute atomic E-state index is 12.9. The largest absolute Gasteiger partial charge is 0.493 e. The van der Waals surface area contributed by atoms with Crippen molar-refractivity contribution in [1.29, 1.82) is 0 Å². The molecule has 2 atom stereocenters. The van der Waals surface area contributed by atoms with E-state index in [0.29, 0.717) is 32.5 Å². The zero-order valence-corrected chi connectivity index (χ0v) is 31.8. The third-order valence-electron chi connectivity index (χ3n) is 8.72. The van der Waals surface area contributed by atoms with Crippen LogP contribution in [-0.4, -0.2) is 105 Å². The highest BCUT2D eigenvalue weighted by molar-refractivity contribution is 5.91. The van der Waals surface area contributed by atoms with Gasteiger partial charge in [-0.2, -0.15) is 0 Å². The van der Waals surface area contributed by atoms with Gasteiger partial charge in [0, 0.05) is 26.1 Å². The SMILES string of the molecule is CCCCCCCCC(O)CN(CCCCC(=O)Oc1c(OC)cc(C(=O)OCCCN(C)C)cc1OC)CC(O)CCCCCCCC. The van der Waals surface area contributed by atoms with Gasteiger partial charge in [0.05, 0.1) is 38.6 Å². The summed E-state index contributed by atoms with van der Waals surface area (Å²) in [6.45, 7) is 7.22. The topological polar surface area (TPSA) is 118 Å². The molecule has 1 rings (SSSR count). The smallest absolute Gasteiger partial charge is 0.338 e. The summed E-state index contributed by atoms with van der Waals surface area (Å²) >= 11 is 0. The lowest BCUT2D eigenvalue weighted by Gasteiger charge is -2.27. The fourth-order valence-corrected chi connectivity index (χ4v) is 5.85. The molecule has 0 amide bonds. The van der Waals surface area contributed by atoms with Gasteiger partial charge >= 0.3 is 11.9 Å². The molecule has 0 bridgehead atoms. The highest BCUT2D eigenvalue weighted by Gasteiger charge is 2.21. The van der Waals surface area contributed by atoms with Crippen LogP contribution in [0.3, 0.4) is 0 Å². The fourth-order valence-electron chi connectivity index (χ4n) is 5.85. The Morgan fingerprint density at radius 3 is 1.69 bits per heavy atom. The van der Waals surface area contributed by atoms with Gasteiger partial charge < -0.3 is 34.1 Å². The number of carbonyl (C=O) groups is 2. The molecule has 0 saturated heterocycles. The number of benzene rings is 1. The fraction of sp³-hybridized carbons (Fsp3) is 0.795. The van der Waals surface area contributed by atoms with Crippen LogP contribution >= 0.6 is 0 Å². The minimum atomic E-state index is -0.507. The van der Waals surface area contributed by atoms with E-state index >= 15 is 0 Å². The molecule has 0 saturated carbocycles. The molecule has 1 aromatic carbocycles. The summed E-state index contributed by atoms with van der Waals surface area (Å²) in [5.41, 5.74) is 0.246. The van der Waals surface area contributed by atoms with Gasteiger partial charge in [-0.3, -0.25) is 9.69 Å². The van der Waals surface area contributed by atoms with Crippen LogP contribution in [0.1, 0.15) is 140 Å². The Bertz CT molecular complexity index is 956. The number of methoxy groups -OCH3 is 2. The third kappa shape index (κ3) is 21.4. The van der Waals surface area contributed by atoms with E-state index in [1.54, 1.807) is 0 Å². The molecule has 0 fully saturated rings. The minimum absolute atomic E-state index is 0.122. The van der Waals surface area contributed by atoms with E-state index in [-0.39, 0.29) is 35.8 Å². The second kappa shape index (κ2) is 28.3. The molecule has 0 spiro atoms. The van der Waals surface area contributed by atoms with E-state index in [0.717, 1.165) is 51.5 Å². The molecule has 2 N–H and O–H groups in total. The van der Waals surface area contributed by atoms with E-state index in [2.05, 4.69) is 18.7 Å². The number of ether oxygens (including phenoxy) is 4. The van der Waals surface area contributed by atoms with Gasteiger partial charge in [-0.25, -0.2) is 4.79 Å². The molecule has 49 heavy (non-hydrogen) atoms. The predicted molar refractivity (Wildman–Crippen MR) is 197 cm³/mol. The molecule has 284 valence electrons. The molecular weight excluding hydrogens is 624 g/mol. The summed E-state index contributed by atoms with van der Waals surface area (Å²) in [4.78, 5) is 29.7. The second-order valence-corrected chi connectivity index (χ2v) is 13.6. The van der Waals surface area contributed by atoms with Gasteiger partial charge in [0.2, 0.25) is 5.75 Å². The quantitative estimate of drug-likeness (QED) is 0.0462. The Labute approximate surface area is 297 Å². The van der Waals surface area contributed by atoms with Gasteiger partial charge in [0.1, 0.15) is 0 Å². The predicted octanol–water partition coefficient (Wildman–Crippen LogP) is 7.41. The van der Waals surface area contributed by atoms with E-state index in [1.807, 2.05) is 19.0 Å². The first kappa shape index (κ1) is 44.6. The number of hydrogen-bond acceptors (Lipinski definition) is 10. The average molecular weight is 695 g/mol. The number of unbranched alkanes of at least 4 members (excludes halogenated alkanes) is 11. The van der Waals surface area contributed by atoms with Crippen molar-refractivity contribution in [2.75, 3.05) is 61.1 Å². The monoisotopic (exact) mass is 695 g/mol. The van der Waals surface area contributed by atoms with E-state index in [1.165, 1.54) is 77.7 Å². The van der Waals surface area contributed by atoms with Crippen molar-refractivity contribution in [3.8, 4) is 17.2 Å². The summed E-state index contributed by atoms with van der Waals surface area (Å²) in [5.74, 6) is -0.410. The van der Waals surface area contributed by atoms with Gasteiger partial charge in [0.25, 0.3) is 0 Å².